The van der Waals surface area contributed by atoms with Crippen LogP contribution < -0.4 is 0 Å². The van der Waals surface area contributed by atoms with Crippen LogP contribution >= 0.6 is 0 Å². The molecular formula is C20H20F6. The first-order chi connectivity index (χ1) is 11.9. The average Bonchev–Trinajstić information content (AvgIpc) is 2.53. The molecule has 0 nitrogen and oxygen atoms in total. The van der Waals surface area contributed by atoms with E-state index in [2.05, 4.69) is 0 Å². The van der Waals surface area contributed by atoms with E-state index in [1.807, 2.05) is 13.8 Å². The maximum absolute atomic E-state index is 13.1. The summed E-state index contributed by atoms with van der Waals surface area (Å²) in [6.45, 7) is 5.43. The van der Waals surface area contributed by atoms with E-state index in [-0.39, 0.29) is 11.8 Å². The monoisotopic (exact) mass is 374 g/mol. The molecule has 26 heavy (non-hydrogen) atoms. The zero-order chi connectivity index (χ0) is 19.7. The molecule has 0 amide bonds. The van der Waals surface area contributed by atoms with E-state index in [9.17, 15) is 26.3 Å². The van der Waals surface area contributed by atoms with Crippen molar-refractivity contribution < 1.29 is 26.3 Å². The fourth-order valence-corrected chi connectivity index (χ4v) is 2.81. The largest absolute Gasteiger partial charge is 0.416 e. The van der Waals surface area contributed by atoms with Crippen molar-refractivity contribution in [1.82, 2.24) is 0 Å². The minimum Gasteiger partial charge on any atom is -0.166 e. The predicted octanol–water partition coefficient (Wildman–Crippen LogP) is 7.19. The van der Waals surface area contributed by atoms with Gasteiger partial charge in [-0.05, 0) is 59.2 Å². The third kappa shape index (κ3) is 5.02. The lowest BCUT2D eigenvalue weighted by Gasteiger charge is -2.17. The van der Waals surface area contributed by atoms with Crippen LogP contribution in [0.25, 0.3) is 0 Å². The van der Waals surface area contributed by atoms with Crippen LogP contribution in [-0.2, 0) is 18.8 Å². The van der Waals surface area contributed by atoms with Crippen molar-refractivity contribution in [3.63, 3.8) is 0 Å². The molecule has 0 aliphatic heterocycles. The van der Waals surface area contributed by atoms with Gasteiger partial charge in [-0.1, -0.05) is 39.0 Å². The normalized spacial score (nSPS) is 13.9. The molecule has 0 heterocycles. The summed E-state index contributed by atoms with van der Waals surface area (Å²) >= 11 is 0. The Morgan fingerprint density at radius 1 is 0.692 bits per heavy atom. The minimum atomic E-state index is -4.43. The zero-order valence-corrected chi connectivity index (χ0v) is 14.7. The Balaban J connectivity index is 2.28. The highest BCUT2D eigenvalue weighted by atomic mass is 19.4. The molecule has 0 saturated carbocycles. The van der Waals surface area contributed by atoms with Crippen molar-refractivity contribution in [3.8, 4) is 0 Å². The van der Waals surface area contributed by atoms with Crippen LogP contribution in [0.1, 0.15) is 60.4 Å². The Kier molecular flexibility index (Phi) is 5.73. The molecule has 0 aromatic heterocycles. The summed E-state index contributed by atoms with van der Waals surface area (Å²) in [6, 6.07) is 8.76. The van der Waals surface area contributed by atoms with E-state index in [0.717, 1.165) is 24.3 Å². The standard InChI is InChI=1S/C20H20F6/c1-12(2)16-9-14(10-18(11-16)20(24,25)26)8-13(3)15-4-6-17(7-5-15)19(21,22)23/h4-7,9-13H,8H2,1-3H3/t13-/m0/s1. The third-order valence-corrected chi connectivity index (χ3v) is 4.36. The van der Waals surface area contributed by atoms with Crippen molar-refractivity contribution in [2.75, 3.05) is 0 Å². The van der Waals surface area contributed by atoms with Crippen molar-refractivity contribution in [3.05, 3.63) is 70.3 Å². The Hall–Kier alpha value is -1.98. The number of hydrogen-bond acceptors (Lipinski definition) is 0. The minimum absolute atomic E-state index is 0.0579. The smallest absolute Gasteiger partial charge is 0.166 e. The average molecular weight is 374 g/mol. The summed E-state index contributed by atoms with van der Waals surface area (Å²) in [5, 5.41) is 0. The van der Waals surface area contributed by atoms with E-state index in [1.54, 1.807) is 13.0 Å². The molecule has 2 aromatic carbocycles. The van der Waals surface area contributed by atoms with Gasteiger partial charge in [0.15, 0.2) is 0 Å². The quantitative estimate of drug-likeness (QED) is 0.497. The maximum Gasteiger partial charge on any atom is 0.416 e. The van der Waals surface area contributed by atoms with Gasteiger partial charge in [-0.25, -0.2) is 0 Å². The lowest BCUT2D eigenvalue weighted by molar-refractivity contribution is -0.138. The van der Waals surface area contributed by atoms with Gasteiger partial charge in [0.25, 0.3) is 0 Å². The highest BCUT2D eigenvalue weighted by molar-refractivity contribution is 5.35. The molecule has 0 bridgehead atoms. The summed E-state index contributed by atoms with van der Waals surface area (Å²) in [4.78, 5) is 0. The molecule has 0 N–H and O–H groups in total. The molecule has 6 heteroatoms. The van der Waals surface area contributed by atoms with Gasteiger partial charge < -0.3 is 0 Å². The summed E-state index contributed by atoms with van der Waals surface area (Å²) in [7, 11) is 0. The van der Waals surface area contributed by atoms with Crippen molar-refractivity contribution in [2.24, 2.45) is 0 Å². The van der Waals surface area contributed by atoms with Gasteiger partial charge in [0.05, 0.1) is 11.1 Å². The molecule has 142 valence electrons. The number of alkyl halides is 6. The van der Waals surface area contributed by atoms with Gasteiger partial charge in [0.1, 0.15) is 0 Å². The number of benzene rings is 2. The number of rotatable bonds is 4. The Morgan fingerprint density at radius 3 is 1.69 bits per heavy atom. The molecule has 0 aliphatic carbocycles. The molecule has 0 fully saturated rings. The maximum atomic E-state index is 13.1. The van der Waals surface area contributed by atoms with E-state index >= 15 is 0 Å². The van der Waals surface area contributed by atoms with Crippen LogP contribution in [0, 0.1) is 0 Å². The van der Waals surface area contributed by atoms with Crippen molar-refractivity contribution >= 4 is 0 Å². The van der Waals surface area contributed by atoms with E-state index < -0.39 is 23.5 Å². The summed E-state index contributed by atoms with van der Waals surface area (Å²) in [5.41, 5.74) is 0.333. The molecule has 2 aromatic rings. The van der Waals surface area contributed by atoms with Gasteiger partial charge in [0.2, 0.25) is 0 Å². The highest BCUT2D eigenvalue weighted by Crippen LogP contribution is 2.34. The van der Waals surface area contributed by atoms with Crippen LogP contribution in [-0.4, -0.2) is 0 Å². The molecular weight excluding hydrogens is 354 g/mol. The van der Waals surface area contributed by atoms with Gasteiger partial charge in [-0.15, -0.1) is 0 Å². The van der Waals surface area contributed by atoms with Gasteiger partial charge in [-0.3, -0.25) is 0 Å². The Labute approximate surface area is 148 Å². The van der Waals surface area contributed by atoms with Crippen molar-refractivity contribution in [2.45, 2.75) is 51.4 Å². The van der Waals surface area contributed by atoms with Gasteiger partial charge in [0, 0.05) is 0 Å². The molecule has 0 unspecified atom stereocenters. The van der Waals surface area contributed by atoms with Crippen LogP contribution in [0.2, 0.25) is 0 Å². The van der Waals surface area contributed by atoms with E-state index in [1.165, 1.54) is 12.1 Å². The lowest BCUT2D eigenvalue weighted by Crippen LogP contribution is -2.09. The van der Waals surface area contributed by atoms with Gasteiger partial charge in [-0.2, -0.15) is 26.3 Å². The lowest BCUT2D eigenvalue weighted by atomic mass is 9.90. The van der Waals surface area contributed by atoms with Crippen LogP contribution in [0.4, 0.5) is 26.3 Å². The SMILES string of the molecule is CC(C)c1cc(C[C@H](C)c2ccc(C(F)(F)F)cc2)cc(C(F)(F)F)c1. The summed E-state index contributed by atoms with van der Waals surface area (Å²) < 4.78 is 77.3. The Bertz CT molecular complexity index is 738. The van der Waals surface area contributed by atoms with E-state index in [0.29, 0.717) is 23.1 Å². The van der Waals surface area contributed by atoms with Crippen LogP contribution in [0.15, 0.2) is 42.5 Å². The molecule has 0 aliphatic rings. The number of halogens is 6. The molecule has 2 rings (SSSR count). The summed E-state index contributed by atoms with van der Waals surface area (Å²) in [5.74, 6) is -0.266. The first kappa shape index (κ1) is 20.3. The predicted molar refractivity (Wildman–Crippen MR) is 89.1 cm³/mol. The van der Waals surface area contributed by atoms with Crippen molar-refractivity contribution in [1.29, 1.82) is 0 Å². The van der Waals surface area contributed by atoms with Crippen LogP contribution in [0.5, 0.6) is 0 Å². The van der Waals surface area contributed by atoms with Crippen LogP contribution in [0.3, 0.4) is 0 Å². The zero-order valence-electron chi connectivity index (χ0n) is 14.7. The second-order valence-corrected chi connectivity index (χ2v) is 6.84. The first-order valence-electron chi connectivity index (χ1n) is 8.26. The molecule has 0 spiro atoms. The molecule has 1 atom stereocenters. The first-order valence-corrected chi connectivity index (χ1v) is 8.26. The fraction of sp³-hybridized carbons (Fsp3) is 0.400. The fourth-order valence-electron chi connectivity index (χ4n) is 2.81. The number of hydrogen-bond donors (Lipinski definition) is 0. The highest BCUT2D eigenvalue weighted by Gasteiger charge is 2.32. The van der Waals surface area contributed by atoms with E-state index in [4.69, 9.17) is 0 Å². The molecule has 0 radical (unpaired) electrons. The van der Waals surface area contributed by atoms with Gasteiger partial charge >= 0.3 is 12.4 Å². The third-order valence-electron chi connectivity index (χ3n) is 4.36. The Morgan fingerprint density at radius 2 is 1.23 bits per heavy atom. The topological polar surface area (TPSA) is 0 Å². The summed E-state index contributed by atoms with van der Waals surface area (Å²) in [6.07, 6.45) is -8.53. The second kappa shape index (κ2) is 7.33. The second-order valence-electron chi connectivity index (χ2n) is 6.84. The molecule has 0 saturated heterocycles.